The van der Waals surface area contributed by atoms with Crippen molar-refractivity contribution in [3.8, 4) is 22.6 Å². The van der Waals surface area contributed by atoms with E-state index in [2.05, 4.69) is 25.1 Å². The van der Waals surface area contributed by atoms with Crippen LogP contribution in [0.3, 0.4) is 0 Å². The molecule has 2 heteroatoms. The maximum Gasteiger partial charge on any atom is 0.115 e. The lowest BCUT2D eigenvalue weighted by molar-refractivity contribution is 0.474. The molecule has 1 atom stereocenters. The average Bonchev–Trinajstić information content (AvgIpc) is 2.58. The number of phenolic OH excluding ortho intramolecular Hbond substituents is 2. The molecule has 0 bridgehead atoms. The second kappa shape index (κ2) is 6.57. The molecular weight excluding hydrogens is 284 g/mol. The van der Waals surface area contributed by atoms with Gasteiger partial charge in [-0.2, -0.15) is 0 Å². The van der Waals surface area contributed by atoms with E-state index in [1.807, 2.05) is 30.3 Å². The molecule has 0 saturated carbocycles. The summed E-state index contributed by atoms with van der Waals surface area (Å²) in [6.45, 7) is 2.17. The molecule has 0 fully saturated rings. The Balaban J connectivity index is 2.07. The molecule has 0 aliphatic rings. The number of hydrogen-bond acceptors (Lipinski definition) is 2. The van der Waals surface area contributed by atoms with Gasteiger partial charge in [0, 0.05) is 5.92 Å². The molecule has 0 radical (unpaired) electrons. The van der Waals surface area contributed by atoms with Crippen molar-refractivity contribution >= 4 is 0 Å². The van der Waals surface area contributed by atoms with Gasteiger partial charge in [-0.1, -0.05) is 55.5 Å². The fraction of sp³-hybridized carbons (Fsp3) is 0.143. The van der Waals surface area contributed by atoms with E-state index in [0.29, 0.717) is 0 Å². The van der Waals surface area contributed by atoms with Gasteiger partial charge in [-0.05, 0) is 52.9 Å². The van der Waals surface area contributed by atoms with E-state index >= 15 is 0 Å². The molecule has 116 valence electrons. The van der Waals surface area contributed by atoms with Crippen LogP contribution < -0.4 is 0 Å². The van der Waals surface area contributed by atoms with Crippen LogP contribution in [0.15, 0.2) is 72.8 Å². The van der Waals surface area contributed by atoms with Crippen LogP contribution in [-0.4, -0.2) is 10.2 Å². The topological polar surface area (TPSA) is 40.5 Å². The third kappa shape index (κ3) is 3.21. The standard InChI is InChI=1S/C21H20O2/c1-2-19(15-7-11-17(22)12-8-15)21-6-4-3-5-20(21)16-9-13-18(23)14-10-16/h3-14,19,22-23H,2H2,1H3. The van der Waals surface area contributed by atoms with Gasteiger partial charge < -0.3 is 10.2 Å². The molecule has 3 rings (SSSR count). The first kappa shape index (κ1) is 15.2. The predicted octanol–water partition coefficient (Wildman–Crippen LogP) is 5.31. The Kier molecular flexibility index (Phi) is 4.33. The fourth-order valence-corrected chi connectivity index (χ4v) is 3.05. The second-order valence-corrected chi connectivity index (χ2v) is 5.69. The van der Waals surface area contributed by atoms with Crippen LogP contribution in [0.25, 0.3) is 11.1 Å². The van der Waals surface area contributed by atoms with E-state index in [0.717, 1.165) is 12.0 Å². The summed E-state index contributed by atoms with van der Waals surface area (Å²) in [6.07, 6.45) is 0.972. The van der Waals surface area contributed by atoms with E-state index in [9.17, 15) is 10.2 Å². The van der Waals surface area contributed by atoms with Crippen molar-refractivity contribution in [2.75, 3.05) is 0 Å². The van der Waals surface area contributed by atoms with Gasteiger partial charge >= 0.3 is 0 Å². The van der Waals surface area contributed by atoms with Gasteiger partial charge in [0.05, 0.1) is 0 Å². The van der Waals surface area contributed by atoms with Crippen LogP contribution in [0.4, 0.5) is 0 Å². The molecule has 1 unspecified atom stereocenters. The molecule has 2 N–H and O–H groups in total. The molecule has 0 heterocycles. The van der Waals surface area contributed by atoms with Crippen molar-refractivity contribution in [2.45, 2.75) is 19.3 Å². The van der Waals surface area contributed by atoms with E-state index in [4.69, 9.17) is 0 Å². The van der Waals surface area contributed by atoms with Gasteiger partial charge in [0.15, 0.2) is 0 Å². The summed E-state index contributed by atoms with van der Waals surface area (Å²) in [5.41, 5.74) is 4.71. The SMILES string of the molecule is CCC(c1ccc(O)cc1)c1ccccc1-c1ccc(O)cc1. The summed E-state index contributed by atoms with van der Waals surface area (Å²) in [4.78, 5) is 0. The first-order valence-electron chi connectivity index (χ1n) is 7.86. The molecular formula is C21H20O2. The van der Waals surface area contributed by atoms with Crippen LogP contribution in [0.5, 0.6) is 11.5 Å². The largest absolute Gasteiger partial charge is 0.508 e. The van der Waals surface area contributed by atoms with Crippen LogP contribution in [0.1, 0.15) is 30.4 Å². The molecule has 23 heavy (non-hydrogen) atoms. The number of hydrogen-bond donors (Lipinski definition) is 2. The van der Waals surface area contributed by atoms with Crippen molar-refractivity contribution in [3.63, 3.8) is 0 Å². The Morgan fingerprint density at radius 1 is 0.739 bits per heavy atom. The van der Waals surface area contributed by atoms with Crippen molar-refractivity contribution < 1.29 is 10.2 Å². The van der Waals surface area contributed by atoms with Crippen molar-refractivity contribution in [1.29, 1.82) is 0 Å². The number of aromatic hydroxyl groups is 2. The molecule has 0 spiro atoms. The molecule has 0 aliphatic carbocycles. The summed E-state index contributed by atoms with van der Waals surface area (Å²) in [5, 5.41) is 19.0. The lowest BCUT2D eigenvalue weighted by atomic mass is 9.84. The van der Waals surface area contributed by atoms with E-state index in [1.165, 1.54) is 16.7 Å². The van der Waals surface area contributed by atoms with Gasteiger partial charge in [0.1, 0.15) is 11.5 Å². The Bertz CT molecular complexity index is 774. The second-order valence-electron chi connectivity index (χ2n) is 5.69. The molecule has 3 aromatic carbocycles. The first-order valence-corrected chi connectivity index (χ1v) is 7.86. The summed E-state index contributed by atoms with van der Waals surface area (Å²) in [7, 11) is 0. The molecule has 2 nitrogen and oxygen atoms in total. The summed E-state index contributed by atoms with van der Waals surface area (Å²) in [6, 6.07) is 23.1. The van der Waals surface area contributed by atoms with Crippen LogP contribution >= 0.6 is 0 Å². The highest BCUT2D eigenvalue weighted by molar-refractivity contribution is 5.69. The summed E-state index contributed by atoms with van der Waals surface area (Å²) in [5.74, 6) is 0.827. The highest BCUT2D eigenvalue weighted by atomic mass is 16.3. The van der Waals surface area contributed by atoms with Gasteiger partial charge in [-0.15, -0.1) is 0 Å². The van der Waals surface area contributed by atoms with Crippen LogP contribution in [0, 0.1) is 0 Å². The number of benzene rings is 3. The quantitative estimate of drug-likeness (QED) is 0.686. The lowest BCUT2D eigenvalue weighted by Crippen LogP contribution is -2.01. The average molecular weight is 304 g/mol. The Morgan fingerprint density at radius 2 is 1.30 bits per heavy atom. The zero-order valence-corrected chi connectivity index (χ0v) is 13.1. The summed E-state index contributed by atoms with van der Waals surface area (Å²) >= 11 is 0. The van der Waals surface area contributed by atoms with Gasteiger partial charge in [0.2, 0.25) is 0 Å². The maximum absolute atomic E-state index is 9.52. The number of phenols is 2. The highest BCUT2D eigenvalue weighted by Gasteiger charge is 2.16. The zero-order chi connectivity index (χ0) is 16.2. The monoisotopic (exact) mass is 304 g/mol. The van der Waals surface area contributed by atoms with E-state index < -0.39 is 0 Å². The minimum Gasteiger partial charge on any atom is -0.508 e. The smallest absolute Gasteiger partial charge is 0.115 e. The van der Waals surface area contributed by atoms with E-state index in [-0.39, 0.29) is 17.4 Å². The molecule has 0 amide bonds. The normalized spacial score (nSPS) is 12.0. The molecule has 0 aliphatic heterocycles. The molecule has 0 saturated heterocycles. The van der Waals surface area contributed by atoms with Gasteiger partial charge in [0.25, 0.3) is 0 Å². The highest BCUT2D eigenvalue weighted by Crippen LogP contribution is 2.36. The fourth-order valence-electron chi connectivity index (χ4n) is 3.05. The Hall–Kier alpha value is -2.74. The van der Waals surface area contributed by atoms with Crippen molar-refractivity contribution in [2.24, 2.45) is 0 Å². The summed E-state index contributed by atoms with van der Waals surface area (Å²) < 4.78 is 0. The number of rotatable bonds is 4. The van der Waals surface area contributed by atoms with Gasteiger partial charge in [-0.3, -0.25) is 0 Å². The Labute approximate surface area is 136 Å². The Morgan fingerprint density at radius 3 is 1.91 bits per heavy atom. The maximum atomic E-state index is 9.52. The minimum absolute atomic E-state index is 0.264. The predicted molar refractivity (Wildman–Crippen MR) is 93.8 cm³/mol. The third-order valence-electron chi connectivity index (χ3n) is 4.22. The minimum atomic E-state index is 0.264. The zero-order valence-electron chi connectivity index (χ0n) is 13.1. The van der Waals surface area contributed by atoms with E-state index in [1.54, 1.807) is 24.3 Å². The first-order chi connectivity index (χ1) is 11.2. The molecule has 0 aromatic heterocycles. The van der Waals surface area contributed by atoms with Crippen LogP contribution in [-0.2, 0) is 0 Å². The molecule has 3 aromatic rings. The lowest BCUT2D eigenvalue weighted by Gasteiger charge is -2.20. The van der Waals surface area contributed by atoms with Crippen LogP contribution in [0.2, 0.25) is 0 Å². The third-order valence-corrected chi connectivity index (χ3v) is 4.22. The van der Waals surface area contributed by atoms with Crippen molar-refractivity contribution in [3.05, 3.63) is 83.9 Å². The van der Waals surface area contributed by atoms with Crippen molar-refractivity contribution in [1.82, 2.24) is 0 Å². The van der Waals surface area contributed by atoms with Gasteiger partial charge in [-0.25, -0.2) is 0 Å².